The molecule has 0 fully saturated rings. The van der Waals surface area contributed by atoms with E-state index in [-0.39, 0.29) is 25.7 Å². The van der Waals surface area contributed by atoms with Gasteiger partial charge in [0, 0.05) is 25.7 Å². The van der Waals surface area contributed by atoms with Gasteiger partial charge in [-0.05, 0) is 31.6 Å². The van der Waals surface area contributed by atoms with Crippen molar-refractivity contribution < 1.29 is 80.2 Å². The fourth-order valence-electron chi connectivity index (χ4n) is 10.3. The molecule has 0 saturated heterocycles. The number of carbonyl (C=O) groups excluding carboxylic acids is 4. The summed E-state index contributed by atoms with van der Waals surface area (Å²) in [6.45, 7) is 7.21. The Morgan fingerprint density at radius 3 is 0.782 bits per heavy atom. The second-order valence-corrected chi connectivity index (χ2v) is 27.9. The number of aliphatic hydroxyl groups is 1. The average molecular weight is 1280 g/mol. The van der Waals surface area contributed by atoms with E-state index in [1.54, 1.807) is 0 Å². The lowest BCUT2D eigenvalue weighted by Gasteiger charge is -2.21. The van der Waals surface area contributed by atoms with Crippen molar-refractivity contribution >= 4 is 39.5 Å². The Labute approximate surface area is 530 Å². The molecule has 516 valence electrons. The third kappa shape index (κ3) is 62.6. The molecular weight excluding hydrogens is 1150 g/mol. The van der Waals surface area contributed by atoms with Crippen molar-refractivity contribution in [3.8, 4) is 0 Å². The van der Waals surface area contributed by atoms with Gasteiger partial charge in [0.2, 0.25) is 0 Å². The maximum Gasteiger partial charge on any atom is 0.472 e. The molecule has 0 amide bonds. The van der Waals surface area contributed by atoms with Gasteiger partial charge in [-0.3, -0.25) is 37.3 Å². The first-order chi connectivity index (χ1) is 42.0. The van der Waals surface area contributed by atoms with E-state index in [0.717, 1.165) is 109 Å². The molecule has 0 bridgehead atoms. The molecule has 0 radical (unpaired) electrons. The van der Waals surface area contributed by atoms with Crippen LogP contribution in [0.2, 0.25) is 0 Å². The quantitative estimate of drug-likeness (QED) is 0.0222. The lowest BCUT2D eigenvalue weighted by atomic mass is 10.0. The average Bonchev–Trinajstić information content (AvgIpc) is 3.70. The standard InChI is InChI=1S/C68H132O17P2/c1-6-9-12-15-18-21-22-30-33-38-42-47-52-66(71)79-58-64(85-68(73)54-49-44-39-34-31-28-26-24-23-25-27-29-32-35-40-45-50-61(4)5)60-83-87(76,77)81-56-62(69)55-80-86(74,75)82-59-63(84-67(72)53-48-43-37-20-17-14-11-8-3)57-78-65(70)51-46-41-36-19-16-13-10-7-2/h61-64,69H,6-60H2,1-5H3,(H,74,75)(H,76,77)/t62-,63+,64+/m0/s1. The van der Waals surface area contributed by atoms with Gasteiger partial charge in [0.25, 0.3) is 0 Å². The second kappa shape index (κ2) is 61.6. The molecule has 19 heteroatoms. The summed E-state index contributed by atoms with van der Waals surface area (Å²) in [7, 11) is -9.89. The van der Waals surface area contributed by atoms with Crippen LogP contribution >= 0.6 is 15.6 Å². The van der Waals surface area contributed by atoms with E-state index in [0.29, 0.717) is 25.7 Å². The Hall–Kier alpha value is -1.94. The van der Waals surface area contributed by atoms with Crippen molar-refractivity contribution in [2.75, 3.05) is 39.6 Å². The fourth-order valence-corrected chi connectivity index (χ4v) is 11.9. The normalized spacial score (nSPS) is 14.1. The van der Waals surface area contributed by atoms with Crippen LogP contribution in [0.3, 0.4) is 0 Å². The highest BCUT2D eigenvalue weighted by atomic mass is 31.2. The largest absolute Gasteiger partial charge is 0.472 e. The Balaban J connectivity index is 5.16. The van der Waals surface area contributed by atoms with Gasteiger partial charge in [0.15, 0.2) is 12.2 Å². The summed E-state index contributed by atoms with van der Waals surface area (Å²) < 4.78 is 68.0. The summed E-state index contributed by atoms with van der Waals surface area (Å²) in [6, 6.07) is 0. The third-order valence-corrected chi connectivity index (χ3v) is 17.7. The first kappa shape index (κ1) is 85.1. The number of ether oxygens (including phenoxy) is 4. The Kier molecular flexibility index (Phi) is 60.2. The zero-order valence-electron chi connectivity index (χ0n) is 56.2. The zero-order valence-corrected chi connectivity index (χ0v) is 57.9. The molecule has 2 unspecified atom stereocenters. The highest BCUT2D eigenvalue weighted by molar-refractivity contribution is 7.47. The third-order valence-electron chi connectivity index (χ3n) is 15.8. The first-order valence-electron chi connectivity index (χ1n) is 35.6. The smallest absolute Gasteiger partial charge is 0.462 e. The summed E-state index contributed by atoms with van der Waals surface area (Å²) in [4.78, 5) is 72.2. The Morgan fingerprint density at radius 1 is 0.310 bits per heavy atom. The predicted molar refractivity (Wildman–Crippen MR) is 349 cm³/mol. The lowest BCUT2D eigenvalue weighted by molar-refractivity contribution is -0.161. The summed E-state index contributed by atoms with van der Waals surface area (Å²) >= 11 is 0. The summed E-state index contributed by atoms with van der Waals surface area (Å²) in [5.41, 5.74) is 0. The van der Waals surface area contributed by atoms with Gasteiger partial charge in [-0.15, -0.1) is 0 Å². The molecule has 0 aliphatic heterocycles. The molecule has 0 aromatic rings. The molecule has 0 spiro atoms. The van der Waals surface area contributed by atoms with Crippen LogP contribution < -0.4 is 0 Å². The Morgan fingerprint density at radius 2 is 0.529 bits per heavy atom. The van der Waals surface area contributed by atoms with Crippen molar-refractivity contribution in [3.05, 3.63) is 0 Å². The highest BCUT2D eigenvalue weighted by Gasteiger charge is 2.30. The molecule has 0 aliphatic rings. The monoisotopic (exact) mass is 1280 g/mol. The number of carbonyl (C=O) groups is 4. The molecule has 0 saturated carbocycles. The van der Waals surface area contributed by atoms with E-state index < -0.39 is 97.5 Å². The molecule has 17 nitrogen and oxygen atoms in total. The molecular formula is C68H132O17P2. The van der Waals surface area contributed by atoms with Crippen LogP contribution in [0.15, 0.2) is 0 Å². The van der Waals surface area contributed by atoms with Gasteiger partial charge >= 0.3 is 39.5 Å². The van der Waals surface area contributed by atoms with Crippen LogP contribution in [0.4, 0.5) is 0 Å². The van der Waals surface area contributed by atoms with Gasteiger partial charge in [-0.1, -0.05) is 298 Å². The van der Waals surface area contributed by atoms with Crippen LogP contribution in [-0.4, -0.2) is 96.7 Å². The van der Waals surface area contributed by atoms with Crippen LogP contribution in [-0.2, 0) is 65.4 Å². The molecule has 0 aromatic carbocycles. The summed E-state index contributed by atoms with van der Waals surface area (Å²) in [5.74, 6) is -1.32. The van der Waals surface area contributed by atoms with Gasteiger partial charge in [-0.2, -0.15) is 0 Å². The predicted octanol–water partition coefficient (Wildman–Crippen LogP) is 19.4. The molecule has 0 rings (SSSR count). The number of hydrogen-bond acceptors (Lipinski definition) is 15. The minimum Gasteiger partial charge on any atom is -0.462 e. The van der Waals surface area contributed by atoms with Crippen molar-refractivity contribution in [2.45, 2.75) is 368 Å². The minimum atomic E-state index is -4.95. The zero-order chi connectivity index (χ0) is 64.2. The highest BCUT2D eigenvalue weighted by Crippen LogP contribution is 2.45. The number of phosphoric acid groups is 2. The van der Waals surface area contributed by atoms with Crippen LogP contribution in [0, 0.1) is 5.92 Å². The topological polar surface area (TPSA) is 237 Å². The van der Waals surface area contributed by atoms with Crippen molar-refractivity contribution in [1.29, 1.82) is 0 Å². The van der Waals surface area contributed by atoms with E-state index in [9.17, 15) is 43.2 Å². The number of unbranched alkanes of at least 4 members (excludes halogenated alkanes) is 40. The van der Waals surface area contributed by atoms with Crippen molar-refractivity contribution in [3.63, 3.8) is 0 Å². The van der Waals surface area contributed by atoms with E-state index in [2.05, 4.69) is 34.6 Å². The molecule has 0 aliphatic carbocycles. The fraction of sp³-hybridized carbons (Fsp3) is 0.941. The number of phosphoric ester groups is 2. The van der Waals surface area contributed by atoms with Crippen LogP contribution in [0.25, 0.3) is 0 Å². The second-order valence-electron chi connectivity index (χ2n) is 25.0. The summed E-state index contributed by atoms with van der Waals surface area (Å²) in [6.07, 6.45) is 47.3. The maximum atomic E-state index is 13.0. The Bertz CT molecular complexity index is 1690. The molecule has 3 N–H and O–H groups in total. The minimum absolute atomic E-state index is 0.105. The SMILES string of the molecule is CCCCCCCCCCCCCCC(=O)OC[C@H](COP(=O)(O)OC[C@@H](O)COP(=O)(O)OC[C@@H](COC(=O)CCCCCCCCCC)OC(=O)CCCCCCCCCC)OC(=O)CCCCCCCCCCCCCCCCCCC(C)C. The van der Waals surface area contributed by atoms with E-state index in [1.807, 2.05) is 0 Å². The van der Waals surface area contributed by atoms with E-state index >= 15 is 0 Å². The number of rotatable bonds is 68. The number of aliphatic hydroxyl groups excluding tert-OH is 1. The van der Waals surface area contributed by atoms with Gasteiger partial charge in [-0.25, -0.2) is 9.13 Å². The molecule has 0 heterocycles. The molecule has 87 heavy (non-hydrogen) atoms. The lowest BCUT2D eigenvalue weighted by Crippen LogP contribution is -2.30. The molecule has 5 atom stereocenters. The maximum absolute atomic E-state index is 13.0. The molecule has 0 aromatic heterocycles. The van der Waals surface area contributed by atoms with E-state index in [1.165, 1.54) is 161 Å². The van der Waals surface area contributed by atoms with Gasteiger partial charge < -0.3 is 33.8 Å². The summed E-state index contributed by atoms with van der Waals surface area (Å²) in [5, 5.41) is 10.5. The number of hydrogen-bond donors (Lipinski definition) is 3. The van der Waals surface area contributed by atoms with Gasteiger partial charge in [0.05, 0.1) is 26.4 Å². The van der Waals surface area contributed by atoms with Crippen LogP contribution in [0.5, 0.6) is 0 Å². The van der Waals surface area contributed by atoms with Crippen molar-refractivity contribution in [1.82, 2.24) is 0 Å². The van der Waals surface area contributed by atoms with Gasteiger partial charge in [0.1, 0.15) is 19.3 Å². The number of esters is 4. The first-order valence-corrected chi connectivity index (χ1v) is 38.6. The van der Waals surface area contributed by atoms with Crippen LogP contribution in [0.1, 0.15) is 349 Å². The van der Waals surface area contributed by atoms with Crippen molar-refractivity contribution in [2.24, 2.45) is 5.92 Å². The van der Waals surface area contributed by atoms with E-state index in [4.69, 9.17) is 37.0 Å².